The Morgan fingerprint density at radius 3 is 2.54 bits per heavy atom. The van der Waals surface area contributed by atoms with Crippen LogP contribution in [0, 0.1) is 18.7 Å². The summed E-state index contributed by atoms with van der Waals surface area (Å²) in [5.41, 5.74) is 2.31. The van der Waals surface area contributed by atoms with Crippen molar-refractivity contribution in [3.8, 4) is 0 Å². The van der Waals surface area contributed by atoms with E-state index in [1.165, 1.54) is 18.4 Å². The fraction of sp³-hybridized carbons (Fsp3) is 0.474. The first-order valence-corrected chi connectivity index (χ1v) is 8.61. The predicted molar refractivity (Wildman–Crippen MR) is 94.4 cm³/mol. The Kier molecular flexibility index (Phi) is 5.41. The van der Waals surface area contributed by atoms with Crippen molar-refractivity contribution in [3.05, 3.63) is 53.2 Å². The van der Waals surface area contributed by atoms with Crippen molar-refractivity contribution < 1.29 is 4.39 Å². The average molecular weight is 328 g/mol. The third-order valence-corrected chi connectivity index (χ3v) is 4.67. The lowest BCUT2D eigenvalue weighted by Gasteiger charge is -2.32. The van der Waals surface area contributed by atoms with Gasteiger partial charge in [-0.1, -0.05) is 12.1 Å². The van der Waals surface area contributed by atoms with Crippen LogP contribution in [0.1, 0.15) is 29.9 Å². The third-order valence-electron chi connectivity index (χ3n) is 4.67. The van der Waals surface area contributed by atoms with Gasteiger partial charge in [0.2, 0.25) is 0 Å². The number of nitrogens with one attached hydrogen (secondary N) is 1. The van der Waals surface area contributed by atoms with Crippen LogP contribution in [0.5, 0.6) is 0 Å². The summed E-state index contributed by atoms with van der Waals surface area (Å²) >= 11 is 0. The minimum Gasteiger partial charge on any atom is -0.373 e. The van der Waals surface area contributed by atoms with Crippen LogP contribution < -0.4 is 5.32 Å². The summed E-state index contributed by atoms with van der Waals surface area (Å²) < 4.78 is 13.0. The second kappa shape index (κ2) is 7.71. The Labute approximate surface area is 143 Å². The van der Waals surface area contributed by atoms with Gasteiger partial charge in [-0.15, -0.1) is 0 Å². The van der Waals surface area contributed by atoms with Gasteiger partial charge in [-0.3, -0.25) is 4.90 Å². The number of rotatable bonds is 5. The zero-order chi connectivity index (χ0) is 16.9. The van der Waals surface area contributed by atoms with Gasteiger partial charge in [0.25, 0.3) is 0 Å². The highest BCUT2D eigenvalue weighted by Crippen LogP contribution is 2.23. The minimum absolute atomic E-state index is 0.168. The van der Waals surface area contributed by atoms with Crippen molar-refractivity contribution in [2.45, 2.75) is 32.7 Å². The summed E-state index contributed by atoms with van der Waals surface area (Å²) in [4.78, 5) is 11.4. The zero-order valence-electron chi connectivity index (χ0n) is 14.4. The van der Waals surface area contributed by atoms with Gasteiger partial charge in [0.05, 0.1) is 0 Å². The number of hydrogen-bond acceptors (Lipinski definition) is 4. The molecule has 0 atom stereocenters. The standard InChI is InChI=1S/C19H25FN4/c1-14-22-18(12-19(21-2)23-14)11-15-7-9-24(10-8-15)13-16-3-5-17(20)6-4-16/h3-6,12,15H,7-11,13H2,1-2H3,(H,21,22,23). The van der Waals surface area contributed by atoms with Crippen molar-refractivity contribution in [1.82, 2.24) is 14.9 Å². The average Bonchev–Trinajstić information content (AvgIpc) is 2.58. The van der Waals surface area contributed by atoms with E-state index in [1.807, 2.05) is 26.1 Å². The summed E-state index contributed by atoms with van der Waals surface area (Å²) in [6, 6.07) is 8.89. The summed E-state index contributed by atoms with van der Waals surface area (Å²) in [6.07, 6.45) is 3.38. The number of likely N-dealkylation sites (tertiary alicyclic amines) is 1. The maximum atomic E-state index is 13.0. The molecule has 4 nitrogen and oxygen atoms in total. The van der Waals surface area contributed by atoms with Gasteiger partial charge >= 0.3 is 0 Å². The number of hydrogen-bond donors (Lipinski definition) is 1. The lowest BCUT2D eigenvalue weighted by molar-refractivity contribution is 0.176. The molecule has 5 heteroatoms. The molecular formula is C19H25FN4. The molecule has 0 radical (unpaired) electrons. The fourth-order valence-electron chi connectivity index (χ4n) is 3.35. The third kappa shape index (κ3) is 4.51. The Balaban J connectivity index is 1.51. The largest absolute Gasteiger partial charge is 0.373 e. The van der Waals surface area contributed by atoms with Gasteiger partial charge < -0.3 is 5.32 Å². The van der Waals surface area contributed by atoms with E-state index < -0.39 is 0 Å². The van der Waals surface area contributed by atoms with Crippen LogP contribution in [0.15, 0.2) is 30.3 Å². The van der Waals surface area contributed by atoms with E-state index in [4.69, 9.17) is 0 Å². The van der Waals surface area contributed by atoms with Crippen molar-refractivity contribution >= 4 is 5.82 Å². The zero-order valence-corrected chi connectivity index (χ0v) is 14.4. The normalized spacial score (nSPS) is 16.3. The van der Waals surface area contributed by atoms with Crippen LogP contribution in [-0.2, 0) is 13.0 Å². The van der Waals surface area contributed by atoms with E-state index in [9.17, 15) is 4.39 Å². The molecular weight excluding hydrogens is 303 g/mol. The lowest BCUT2D eigenvalue weighted by atomic mass is 9.92. The van der Waals surface area contributed by atoms with E-state index in [2.05, 4.69) is 26.3 Å². The number of piperidine rings is 1. The Hall–Kier alpha value is -2.01. The summed E-state index contributed by atoms with van der Waals surface area (Å²) in [7, 11) is 1.89. The van der Waals surface area contributed by atoms with Crippen LogP contribution in [0.3, 0.4) is 0 Å². The van der Waals surface area contributed by atoms with Crippen molar-refractivity contribution in [2.24, 2.45) is 5.92 Å². The molecule has 1 aromatic heterocycles. The first kappa shape index (κ1) is 16.8. The van der Waals surface area contributed by atoms with Crippen LogP contribution in [0.4, 0.5) is 10.2 Å². The molecule has 1 aliphatic heterocycles. The second-order valence-corrected chi connectivity index (χ2v) is 6.59. The van der Waals surface area contributed by atoms with Gasteiger partial charge in [0.1, 0.15) is 17.5 Å². The molecule has 0 spiro atoms. The van der Waals surface area contributed by atoms with E-state index in [1.54, 1.807) is 12.1 Å². The summed E-state index contributed by atoms with van der Waals surface area (Å²) in [5, 5.41) is 3.10. The lowest BCUT2D eigenvalue weighted by Crippen LogP contribution is -2.34. The highest BCUT2D eigenvalue weighted by Gasteiger charge is 2.20. The molecule has 1 aliphatic rings. The predicted octanol–water partition coefficient (Wildman–Crippen LogP) is 3.42. The van der Waals surface area contributed by atoms with Crippen LogP contribution in [0.25, 0.3) is 0 Å². The molecule has 0 saturated carbocycles. The maximum Gasteiger partial charge on any atom is 0.129 e. The number of aryl methyl sites for hydroxylation is 1. The fourth-order valence-corrected chi connectivity index (χ4v) is 3.35. The van der Waals surface area contributed by atoms with Crippen molar-refractivity contribution in [2.75, 3.05) is 25.5 Å². The molecule has 1 N–H and O–H groups in total. The van der Waals surface area contributed by atoms with Gasteiger partial charge in [-0.05, 0) is 62.9 Å². The van der Waals surface area contributed by atoms with E-state index in [-0.39, 0.29) is 5.82 Å². The van der Waals surface area contributed by atoms with Crippen LogP contribution in [0.2, 0.25) is 0 Å². The molecule has 2 aromatic rings. The van der Waals surface area contributed by atoms with Gasteiger partial charge in [0, 0.05) is 25.4 Å². The molecule has 1 aromatic carbocycles. The van der Waals surface area contributed by atoms with E-state index >= 15 is 0 Å². The maximum absolute atomic E-state index is 13.0. The summed E-state index contributed by atoms with van der Waals surface area (Å²) in [6.45, 7) is 5.02. The highest BCUT2D eigenvalue weighted by molar-refractivity contribution is 5.35. The van der Waals surface area contributed by atoms with Crippen molar-refractivity contribution in [1.29, 1.82) is 0 Å². The first-order chi connectivity index (χ1) is 11.6. The van der Waals surface area contributed by atoms with Gasteiger partial charge in [0.15, 0.2) is 0 Å². The Bertz CT molecular complexity index is 664. The highest BCUT2D eigenvalue weighted by atomic mass is 19.1. The molecule has 24 heavy (non-hydrogen) atoms. The second-order valence-electron chi connectivity index (χ2n) is 6.59. The number of aromatic nitrogens is 2. The summed E-state index contributed by atoms with van der Waals surface area (Å²) in [5.74, 6) is 2.23. The van der Waals surface area contributed by atoms with Gasteiger partial charge in [-0.25, -0.2) is 14.4 Å². The van der Waals surface area contributed by atoms with Crippen LogP contribution >= 0.6 is 0 Å². The Morgan fingerprint density at radius 2 is 1.88 bits per heavy atom. The first-order valence-electron chi connectivity index (χ1n) is 8.61. The molecule has 0 bridgehead atoms. The van der Waals surface area contributed by atoms with E-state index in [0.717, 1.165) is 43.4 Å². The molecule has 0 aliphatic carbocycles. The Morgan fingerprint density at radius 1 is 1.17 bits per heavy atom. The molecule has 0 unspecified atom stereocenters. The molecule has 128 valence electrons. The topological polar surface area (TPSA) is 41.0 Å². The van der Waals surface area contributed by atoms with Gasteiger partial charge in [-0.2, -0.15) is 0 Å². The smallest absolute Gasteiger partial charge is 0.129 e. The molecule has 0 amide bonds. The number of benzene rings is 1. The molecule has 1 fully saturated rings. The van der Waals surface area contributed by atoms with Crippen molar-refractivity contribution in [3.63, 3.8) is 0 Å². The molecule has 2 heterocycles. The van der Waals surface area contributed by atoms with Crippen LogP contribution in [-0.4, -0.2) is 35.0 Å². The number of halogens is 1. The van der Waals surface area contributed by atoms with E-state index in [0.29, 0.717) is 5.92 Å². The molecule has 3 rings (SSSR count). The molecule has 1 saturated heterocycles. The quantitative estimate of drug-likeness (QED) is 0.913. The minimum atomic E-state index is -0.168. The number of nitrogens with zero attached hydrogens (tertiary/aromatic N) is 3. The number of anilines is 1. The monoisotopic (exact) mass is 328 g/mol. The SMILES string of the molecule is CNc1cc(CC2CCN(Cc3ccc(F)cc3)CC2)nc(C)n1.